The van der Waals surface area contributed by atoms with E-state index in [9.17, 15) is 9.59 Å². The van der Waals surface area contributed by atoms with Crippen LogP contribution in [-0.4, -0.2) is 21.6 Å². The molecule has 0 spiro atoms. The highest BCUT2D eigenvalue weighted by Gasteiger charge is 2.54. The monoisotopic (exact) mass is 328 g/mol. The predicted molar refractivity (Wildman–Crippen MR) is 89.1 cm³/mol. The second-order valence-electron chi connectivity index (χ2n) is 7.92. The molecule has 4 saturated carbocycles. The van der Waals surface area contributed by atoms with E-state index in [2.05, 4.69) is 16.0 Å². The molecular weight excluding hydrogens is 304 g/mol. The van der Waals surface area contributed by atoms with Gasteiger partial charge in [0.2, 0.25) is 5.91 Å². The molecule has 24 heavy (non-hydrogen) atoms. The van der Waals surface area contributed by atoms with Gasteiger partial charge < -0.3 is 0 Å². The van der Waals surface area contributed by atoms with Crippen LogP contribution in [0, 0.1) is 23.2 Å². The van der Waals surface area contributed by atoms with E-state index in [0.29, 0.717) is 17.8 Å². The maximum Gasteiger partial charge on any atom is 0.262 e. The third kappa shape index (κ3) is 2.85. The van der Waals surface area contributed by atoms with Crippen molar-refractivity contribution in [2.45, 2.75) is 38.5 Å². The zero-order valence-corrected chi connectivity index (χ0v) is 14.0. The van der Waals surface area contributed by atoms with Crippen LogP contribution in [0.15, 0.2) is 18.5 Å². The summed E-state index contributed by atoms with van der Waals surface area (Å²) in [5.74, 6) is 1.82. The van der Waals surface area contributed by atoms with Gasteiger partial charge in [-0.15, -0.1) is 0 Å². The summed E-state index contributed by atoms with van der Waals surface area (Å²) in [5, 5.41) is 4.04. The highest BCUT2D eigenvalue weighted by atomic mass is 16.2. The van der Waals surface area contributed by atoms with Crippen LogP contribution in [-0.2, 0) is 16.6 Å². The molecule has 2 N–H and O–H groups in total. The number of hydrogen-bond donors (Lipinski definition) is 2. The van der Waals surface area contributed by atoms with Crippen molar-refractivity contribution in [1.29, 1.82) is 0 Å². The smallest absolute Gasteiger partial charge is 0.262 e. The van der Waals surface area contributed by atoms with E-state index in [-0.39, 0.29) is 17.2 Å². The molecule has 2 amide bonds. The molecule has 5 rings (SSSR count). The summed E-state index contributed by atoms with van der Waals surface area (Å²) in [5.41, 5.74) is 5.81. The van der Waals surface area contributed by atoms with Gasteiger partial charge in [-0.3, -0.25) is 25.1 Å². The maximum absolute atomic E-state index is 12.7. The van der Waals surface area contributed by atoms with E-state index in [1.165, 1.54) is 25.3 Å². The highest BCUT2D eigenvalue weighted by Crippen LogP contribution is 2.59. The molecule has 0 aliphatic heterocycles. The Labute approximate surface area is 141 Å². The van der Waals surface area contributed by atoms with Gasteiger partial charge in [0.1, 0.15) is 0 Å². The number of rotatable bonds is 3. The van der Waals surface area contributed by atoms with E-state index >= 15 is 0 Å². The molecule has 4 aliphatic carbocycles. The van der Waals surface area contributed by atoms with Gasteiger partial charge in [-0.25, -0.2) is 0 Å². The lowest BCUT2D eigenvalue weighted by atomic mass is 9.49. The van der Waals surface area contributed by atoms with Gasteiger partial charge in [-0.05, 0) is 62.4 Å². The van der Waals surface area contributed by atoms with Crippen molar-refractivity contribution in [3.63, 3.8) is 0 Å². The van der Waals surface area contributed by atoms with Crippen molar-refractivity contribution in [3.05, 3.63) is 24.0 Å². The van der Waals surface area contributed by atoms with Crippen molar-refractivity contribution >= 4 is 17.9 Å². The number of hydrogen-bond acceptors (Lipinski definition) is 3. The van der Waals surface area contributed by atoms with Gasteiger partial charge in [0.05, 0.1) is 11.6 Å². The number of aromatic nitrogens is 2. The molecule has 0 saturated heterocycles. The van der Waals surface area contributed by atoms with Crippen molar-refractivity contribution in [1.82, 2.24) is 20.6 Å². The molecule has 6 heteroatoms. The Balaban J connectivity index is 1.33. The molecule has 4 aliphatic rings. The number of carbonyl (C=O) groups excluding carboxylic acids is 2. The first-order valence-corrected chi connectivity index (χ1v) is 8.79. The van der Waals surface area contributed by atoms with Crippen molar-refractivity contribution in [2.24, 2.45) is 30.2 Å². The summed E-state index contributed by atoms with van der Waals surface area (Å²) in [6.07, 6.45) is 13.5. The second kappa shape index (κ2) is 5.76. The summed E-state index contributed by atoms with van der Waals surface area (Å²) in [6, 6.07) is 0. The number of carbonyl (C=O) groups is 2. The number of nitrogens with one attached hydrogen (secondary N) is 2. The molecule has 128 valence electrons. The minimum absolute atomic E-state index is 0.00438. The van der Waals surface area contributed by atoms with E-state index in [4.69, 9.17) is 0 Å². The second-order valence-corrected chi connectivity index (χ2v) is 7.92. The third-order valence-electron chi connectivity index (χ3n) is 5.97. The Hall–Kier alpha value is -2.11. The average molecular weight is 328 g/mol. The Morgan fingerprint density at radius 3 is 2.33 bits per heavy atom. The van der Waals surface area contributed by atoms with E-state index in [0.717, 1.165) is 24.8 Å². The SMILES string of the molecule is Cn1cc(C=CC(=O)NNC(=O)C23CC4CC(CC(C4)C2)C3)cn1. The normalized spacial score (nSPS) is 33.8. The van der Waals surface area contributed by atoms with Gasteiger partial charge in [0.25, 0.3) is 5.91 Å². The third-order valence-corrected chi connectivity index (χ3v) is 5.97. The van der Waals surface area contributed by atoms with Crippen molar-refractivity contribution in [3.8, 4) is 0 Å². The first-order chi connectivity index (χ1) is 11.5. The van der Waals surface area contributed by atoms with Gasteiger partial charge in [-0.1, -0.05) is 0 Å². The lowest BCUT2D eigenvalue weighted by Gasteiger charge is -2.55. The summed E-state index contributed by atoms with van der Waals surface area (Å²) in [6.45, 7) is 0. The molecule has 1 aromatic heterocycles. The predicted octanol–water partition coefficient (Wildman–Crippen LogP) is 1.80. The lowest BCUT2D eigenvalue weighted by molar-refractivity contribution is -0.148. The number of hydrazine groups is 1. The number of nitrogens with zero attached hydrogens (tertiary/aromatic N) is 2. The molecule has 6 nitrogen and oxygen atoms in total. The fraction of sp³-hybridized carbons (Fsp3) is 0.611. The topological polar surface area (TPSA) is 76.0 Å². The van der Waals surface area contributed by atoms with Crippen molar-refractivity contribution < 1.29 is 9.59 Å². The summed E-state index contributed by atoms with van der Waals surface area (Å²) in [7, 11) is 1.82. The first kappa shape index (κ1) is 15.4. The standard InChI is InChI=1S/C18H24N4O2/c1-22-11-12(10-19-22)2-3-16(23)20-21-17(24)18-7-13-4-14(8-18)6-15(5-13)9-18/h2-3,10-11,13-15H,4-9H2,1H3,(H,20,23)(H,21,24). The van der Waals surface area contributed by atoms with Gasteiger partial charge >= 0.3 is 0 Å². The fourth-order valence-electron chi connectivity index (χ4n) is 5.38. The maximum atomic E-state index is 12.7. The lowest BCUT2D eigenvalue weighted by Crippen LogP contribution is -2.56. The van der Waals surface area contributed by atoms with Crippen LogP contribution in [0.5, 0.6) is 0 Å². The molecular formula is C18H24N4O2. The Morgan fingerprint density at radius 2 is 1.79 bits per heavy atom. The van der Waals surface area contributed by atoms with E-state index in [1.54, 1.807) is 17.0 Å². The van der Waals surface area contributed by atoms with Crippen LogP contribution in [0.25, 0.3) is 6.08 Å². The summed E-state index contributed by atoms with van der Waals surface area (Å²) in [4.78, 5) is 24.6. The van der Waals surface area contributed by atoms with Crippen LogP contribution in [0.4, 0.5) is 0 Å². The Bertz CT molecular complexity index is 656. The minimum atomic E-state index is -0.322. The molecule has 1 aromatic rings. The largest absolute Gasteiger partial charge is 0.275 e. The van der Waals surface area contributed by atoms with Crippen LogP contribution in [0.3, 0.4) is 0 Å². The van der Waals surface area contributed by atoms with E-state index < -0.39 is 0 Å². The fourth-order valence-corrected chi connectivity index (χ4v) is 5.38. The first-order valence-electron chi connectivity index (χ1n) is 8.79. The Kier molecular flexibility index (Phi) is 3.70. The minimum Gasteiger partial charge on any atom is -0.275 e. The molecule has 0 aromatic carbocycles. The van der Waals surface area contributed by atoms with Gasteiger partial charge in [-0.2, -0.15) is 5.10 Å². The number of aryl methyl sites for hydroxylation is 1. The zero-order chi connectivity index (χ0) is 16.7. The van der Waals surface area contributed by atoms with Crippen LogP contribution in [0.1, 0.15) is 44.1 Å². The van der Waals surface area contributed by atoms with Crippen LogP contribution >= 0.6 is 0 Å². The van der Waals surface area contributed by atoms with Gasteiger partial charge in [0.15, 0.2) is 0 Å². The van der Waals surface area contributed by atoms with Gasteiger partial charge in [0, 0.05) is 24.9 Å². The summed E-state index contributed by atoms with van der Waals surface area (Å²) < 4.78 is 1.67. The van der Waals surface area contributed by atoms with Crippen LogP contribution < -0.4 is 10.9 Å². The number of amides is 2. The molecule has 4 fully saturated rings. The molecule has 4 bridgehead atoms. The molecule has 0 atom stereocenters. The summed E-state index contributed by atoms with van der Waals surface area (Å²) >= 11 is 0. The average Bonchev–Trinajstić information content (AvgIpc) is 2.95. The molecule has 1 heterocycles. The quantitative estimate of drug-likeness (QED) is 0.656. The van der Waals surface area contributed by atoms with E-state index in [1.807, 2.05) is 13.2 Å². The van der Waals surface area contributed by atoms with Crippen LogP contribution in [0.2, 0.25) is 0 Å². The van der Waals surface area contributed by atoms with Crippen molar-refractivity contribution in [2.75, 3.05) is 0 Å². The highest BCUT2D eigenvalue weighted by molar-refractivity contribution is 5.93. The Morgan fingerprint density at radius 1 is 1.17 bits per heavy atom. The molecule has 0 radical (unpaired) electrons. The molecule has 0 unspecified atom stereocenters. The zero-order valence-electron chi connectivity index (χ0n) is 14.0.